The lowest BCUT2D eigenvalue weighted by Gasteiger charge is -2.36. The van der Waals surface area contributed by atoms with Crippen LogP contribution in [0.1, 0.15) is 10.6 Å². The number of ether oxygens (including phenoxy) is 1. The number of carbonyl (C=O) groups excluding carboxylic acids is 1. The Labute approximate surface area is 154 Å². The van der Waals surface area contributed by atoms with Crippen molar-refractivity contribution in [1.29, 1.82) is 0 Å². The van der Waals surface area contributed by atoms with Crippen LogP contribution >= 0.6 is 11.3 Å². The topological polar surface area (TPSA) is 78.8 Å². The normalized spacial score (nSPS) is 14.7. The summed E-state index contributed by atoms with van der Waals surface area (Å²) in [7, 11) is 1.33. The molecule has 0 atom stereocenters. The third kappa shape index (κ3) is 3.03. The third-order valence-corrected chi connectivity index (χ3v) is 5.35. The summed E-state index contributed by atoms with van der Waals surface area (Å²) in [4.78, 5) is 25.1. The van der Waals surface area contributed by atoms with Gasteiger partial charge in [-0.1, -0.05) is 0 Å². The number of esters is 1. The molecule has 4 rings (SSSR count). The Morgan fingerprint density at radius 1 is 1.08 bits per heavy atom. The van der Waals surface area contributed by atoms with Crippen molar-refractivity contribution >= 4 is 39.0 Å². The second-order valence-electron chi connectivity index (χ2n) is 5.99. The van der Waals surface area contributed by atoms with Crippen molar-refractivity contribution in [2.24, 2.45) is 0 Å². The van der Waals surface area contributed by atoms with Crippen molar-refractivity contribution in [1.82, 2.24) is 9.97 Å². The molecule has 1 N–H and O–H groups in total. The highest BCUT2D eigenvalue weighted by molar-refractivity contribution is 7.17. The molecule has 3 heterocycles. The molecule has 7 nitrogen and oxygen atoms in total. The van der Waals surface area contributed by atoms with Gasteiger partial charge in [-0.25, -0.2) is 14.8 Å². The molecular formula is C18H18N4O3S. The number of piperazine rings is 1. The number of carbonyl (C=O) groups is 1. The number of phenolic OH excluding ortho intramolecular Hbond substituents is 1. The first kappa shape index (κ1) is 16.6. The van der Waals surface area contributed by atoms with Crippen molar-refractivity contribution in [2.45, 2.75) is 0 Å². The lowest BCUT2D eigenvalue weighted by molar-refractivity contribution is 0.0587. The van der Waals surface area contributed by atoms with Crippen molar-refractivity contribution < 1.29 is 14.6 Å². The van der Waals surface area contributed by atoms with Gasteiger partial charge in [0, 0.05) is 31.9 Å². The number of fused-ring (bicyclic) bond motifs is 1. The molecule has 0 saturated carbocycles. The Hall–Kier alpha value is -2.87. The van der Waals surface area contributed by atoms with Gasteiger partial charge in [-0.2, -0.15) is 0 Å². The van der Waals surface area contributed by atoms with Gasteiger partial charge in [-0.05, 0) is 35.7 Å². The number of methoxy groups -OCH3 is 1. The van der Waals surface area contributed by atoms with E-state index in [0.29, 0.717) is 0 Å². The first-order valence-electron chi connectivity index (χ1n) is 8.28. The summed E-state index contributed by atoms with van der Waals surface area (Å²) in [5.74, 6) is 0.621. The number of aromatic hydroxyl groups is 1. The molecule has 0 bridgehead atoms. The van der Waals surface area contributed by atoms with Crippen LogP contribution in [0.2, 0.25) is 0 Å². The number of aromatic nitrogens is 2. The first-order valence-corrected chi connectivity index (χ1v) is 9.16. The molecule has 26 heavy (non-hydrogen) atoms. The molecular weight excluding hydrogens is 352 g/mol. The average Bonchev–Trinajstić information content (AvgIpc) is 3.16. The molecule has 0 spiro atoms. The minimum absolute atomic E-state index is 0.0920. The smallest absolute Gasteiger partial charge is 0.376 e. The number of phenols is 1. The van der Waals surface area contributed by atoms with Crippen LogP contribution in [0.5, 0.6) is 5.75 Å². The summed E-state index contributed by atoms with van der Waals surface area (Å²) >= 11 is 1.57. The lowest BCUT2D eigenvalue weighted by Crippen LogP contribution is -2.47. The highest BCUT2D eigenvalue weighted by Crippen LogP contribution is 2.30. The van der Waals surface area contributed by atoms with E-state index < -0.39 is 5.97 Å². The van der Waals surface area contributed by atoms with Crippen LogP contribution < -0.4 is 9.80 Å². The molecule has 0 amide bonds. The summed E-state index contributed by atoms with van der Waals surface area (Å²) in [6.07, 6.45) is 0. The summed E-state index contributed by atoms with van der Waals surface area (Å²) < 4.78 is 5.76. The zero-order valence-electron chi connectivity index (χ0n) is 14.3. The quantitative estimate of drug-likeness (QED) is 0.710. The molecule has 0 radical (unpaired) electrons. The minimum Gasteiger partial charge on any atom is -0.508 e. The maximum absolute atomic E-state index is 11.9. The number of benzene rings is 1. The second-order valence-corrected chi connectivity index (χ2v) is 6.90. The molecule has 2 aromatic heterocycles. The number of anilines is 2. The average molecular weight is 370 g/mol. The van der Waals surface area contributed by atoms with Crippen LogP contribution in [-0.4, -0.2) is 54.3 Å². The zero-order valence-corrected chi connectivity index (χ0v) is 15.1. The van der Waals surface area contributed by atoms with Crippen LogP contribution in [0.25, 0.3) is 10.2 Å². The molecule has 8 heteroatoms. The van der Waals surface area contributed by atoms with E-state index in [-0.39, 0.29) is 11.6 Å². The number of hydrogen-bond donors (Lipinski definition) is 1. The van der Waals surface area contributed by atoms with Crippen molar-refractivity contribution in [3.05, 3.63) is 41.5 Å². The monoisotopic (exact) mass is 370 g/mol. The molecule has 0 aliphatic carbocycles. The second kappa shape index (κ2) is 6.80. The van der Waals surface area contributed by atoms with Gasteiger partial charge in [-0.3, -0.25) is 0 Å². The molecule has 1 aliphatic rings. The minimum atomic E-state index is -0.526. The molecule has 134 valence electrons. The summed E-state index contributed by atoms with van der Waals surface area (Å²) in [6.45, 7) is 3.22. The highest BCUT2D eigenvalue weighted by atomic mass is 32.1. The molecule has 3 aromatic rings. The Morgan fingerprint density at radius 3 is 2.46 bits per heavy atom. The Morgan fingerprint density at radius 2 is 1.77 bits per heavy atom. The fraction of sp³-hybridized carbons (Fsp3) is 0.278. The molecule has 0 unspecified atom stereocenters. The maximum atomic E-state index is 11.9. The van der Waals surface area contributed by atoms with E-state index in [9.17, 15) is 9.90 Å². The van der Waals surface area contributed by atoms with Gasteiger partial charge in [-0.15, -0.1) is 11.3 Å². The summed E-state index contributed by atoms with van der Waals surface area (Å²) in [6, 6.07) is 9.13. The highest BCUT2D eigenvalue weighted by Gasteiger charge is 2.23. The lowest BCUT2D eigenvalue weighted by atomic mass is 10.2. The predicted molar refractivity (Wildman–Crippen MR) is 101 cm³/mol. The van der Waals surface area contributed by atoms with Gasteiger partial charge in [0.1, 0.15) is 5.75 Å². The number of nitrogens with zero attached hydrogens (tertiary/aromatic N) is 4. The fourth-order valence-corrected chi connectivity index (χ4v) is 3.93. The van der Waals surface area contributed by atoms with Gasteiger partial charge in [0.25, 0.3) is 0 Å². The van der Waals surface area contributed by atoms with Crippen LogP contribution in [0.3, 0.4) is 0 Å². The Bertz CT molecular complexity index is 933. The molecule has 1 aliphatic heterocycles. The van der Waals surface area contributed by atoms with Crippen LogP contribution in [0, 0.1) is 0 Å². The number of thiophene rings is 1. The van der Waals surface area contributed by atoms with E-state index in [1.165, 1.54) is 7.11 Å². The van der Waals surface area contributed by atoms with E-state index in [1.807, 2.05) is 23.6 Å². The number of rotatable bonds is 3. The SMILES string of the molecule is COC(=O)c1nc(N2CCN(c3ccc(O)cc3)CC2)c2sccc2n1. The van der Waals surface area contributed by atoms with Gasteiger partial charge in [0.2, 0.25) is 5.82 Å². The van der Waals surface area contributed by atoms with Gasteiger partial charge in [0.05, 0.1) is 17.3 Å². The van der Waals surface area contributed by atoms with Crippen LogP contribution in [0.4, 0.5) is 11.5 Å². The number of hydrogen-bond acceptors (Lipinski definition) is 8. The Balaban J connectivity index is 1.58. The molecule has 1 fully saturated rings. The third-order valence-electron chi connectivity index (χ3n) is 4.45. The standard InChI is InChI=1S/C18H18N4O3S/c1-25-18(24)16-19-14-6-11-26-15(14)17(20-16)22-9-7-21(8-10-22)12-2-4-13(23)5-3-12/h2-6,11,23H,7-10H2,1H3. The van der Waals surface area contributed by atoms with Crippen molar-refractivity contribution in [2.75, 3.05) is 43.1 Å². The molecule has 1 aromatic carbocycles. The van der Waals surface area contributed by atoms with E-state index in [0.717, 1.165) is 47.9 Å². The predicted octanol–water partition coefficient (Wildman–Crippen LogP) is 2.51. The van der Waals surface area contributed by atoms with Gasteiger partial charge >= 0.3 is 5.97 Å². The van der Waals surface area contributed by atoms with E-state index >= 15 is 0 Å². The largest absolute Gasteiger partial charge is 0.508 e. The van der Waals surface area contributed by atoms with E-state index in [2.05, 4.69) is 19.8 Å². The van der Waals surface area contributed by atoms with Crippen LogP contribution in [-0.2, 0) is 4.74 Å². The first-order chi connectivity index (χ1) is 12.7. The van der Waals surface area contributed by atoms with Crippen LogP contribution in [0.15, 0.2) is 35.7 Å². The fourth-order valence-electron chi connectivity index (χ4n) is 3.08. The Kier molecular flexibility index (Phi) is 4.34. The zero-order chi connectivity index (χ0) is 18.1. The van der Waals surface area contributed by atoms with Crippen molar-refractivity contribution in [3.63, 3.8) is 0 Å². The van der Waals surface area contributed by atoms with Gasteiger partial charge in [0.15, 0.2) is 5.82 Å². The summed E-state index contributed by atoms with van der Waals surface area (Å²) in [5.41, 5.74) is 1.85. The summed E-state index contributed by atoms with van der Waals surface area (Å²) in [5, 5.41) is 11.4. The van der Waals surface area contributed by atoms with E-state index in [1.54, 1.807) is 23.5 Å². The van der Waals surface area contributed by atoms with Crippen molar-refractivity contribution in [3.8, 4) is 5.75 Å². The van der Waals surface area contributed by atoms with E-state index in [4.69, 9.17) is 4.74 Å². The van der Waals surface area contributed by atoms with Gasteiger partial charge < -0.3 is 19.6 Å². The maximum Gasteiger partial charge on any atom is 0.376 e. The molecule has 1 saturated heterocycles.